The molecule has 24 heavy (non-hydrogen) atoms. The zero-order chi connectivity index (χ0) is 16.9. The summed E-state index contributed by atoms with van der Waals surface area (Å²) in [6.45, 7) is 7.81. The third-order valence-corrected chi connectivity index (χ3v) is 4.66. The van der Waals surface area contributed by atoms with Gasteiger partial charge >= 0.3 is 0 Å². The molecule has 130 valence electrons. The van der Waals surface area contributed by atoms with E-state index in [1.54, 1.807) is 0 Å². The topological polar surface area (TPSA) is 60.8 Å². The van der Waals surface area contributed by atoms with E-state index >= 15 is 0 Å². The van der Waals surface area contributed by atoms with E-state index in [1.807, 2.05) is 30.3 Å². The van der Waals surface area contributed by atoms with Crippen LogP contribution in [0.5, 0.6) is 11.5 Å². The van der Waals surface area contributed by atoms with Crippen molar-refractivity contribution in [2.75, 3.05) is 39.6 Å². The molecular weight excluding hydrogens is 306 g/mol. The fraction of sp³-hybridized carbons (Fsp3) is 0.526. The molecule has 2 heterocycles. The molecule has 0 bridgehead atoms. The quantitative estimate of drug-likeness (QED) is 0.529. The van der Waals surface area contributed by atoms with Gasteiger partial charge in [-0.15, -0.1) is 6.58 Å². The summed E-state index contributed by atoms with van der Waals surface area (Å²) in [7, 11) is 0. The monoisotopic (exact) mass is 331 g/mol. The predicted octanol–water partition coefficient (Wildman–Crippen LogP) is 3.09. The fourth-order valence-electron chi connectivity index (χ4n) is 2.93. The van der Waals surface area contributed by atoms with Gasteiger partial charge in [-0.1, -0.05) is 6.08 Å². The standard InChI is InChI=1S/C19H25NO4/c1-2-7-18(10-21-11-18)14-23-16-3-5-17(6-4-16)24-15-19(8-9-20)12-22-13-19/h2-6,9,20H,1,7-8,10-15H2. The first-order valence-electron chi connectivity index (χ1n) is 8.30. The Labute approximate surface area is 143 Å². The van der Waals surface area contributed by atoms with Crippen LogP contribution in [0.2, 0.25) is 0 Å². The lowest BCUT2D eigenvalue weighted by atomic mass is 9.83. The van der Waals surface area contributed by atoms with Gasteiger partial charge in [0.15, 0.2) is 0 Å². The highest BCUT2D eigenvalue weighted by atomic mass is 16.5. The summed E-state index contributed by atoms with van der Waals surface area (Å²) in [6.07, 6.45) is 4.97. The van der Waals surface area contributed by atoms with Gasteiger partial charge < -0.3 is 24.4 Å². The Morgan fingerprint density at radius 3 is 1.71 bits per heavy atom. The molecule has 5 heteroatoms. The molecule has 0 amide bonds. The lowest BCUT2D eigenvalue weighted by Gasteiger charge is -2.40. The fourth-order valence-corrected chi connectivity index (χ4v) is 2.93. The number of allylic oxidation sites excluding steroid dienone is 1. The van der Waals surface area contributed by atoms with Crippen molar-refractivity contribution in [3.05, 3.63) is 36.9 Å². The molecule has 2 aliphatic heterocycles. The third kappa shape index (κ3) is 3.79. The molecule has 1 N–H and O–H groups in total. The van der Waals surface area contributed by atoms with Crippen LogP contribution >= 0.6 is 0 Å². The smallest absolute Gasteiger partial charge is 0.119 e. The average Bonchev–Trinajstić information content (AvgIpc) is 2.53. The molecule has 2 fully saturated rings. The molecule has 3 rings (SSSR count). The van der Waals surface area contributed by atoms with Crippen LogP contribution in [0.15, 0.2) is 36.9 Å². The van der Waals surface area contributed by atoms with E-state index in [0.717, 1.165) is 31.1 Å². The molecule has 0 aliphatic carbocycles. The highest BCUT2D eigenvalue weighted by Gasteiger charge is 2.39. The van der Waals surface area contributed by atoms with Crippen LogP contribution in [0.25, 0.3) is 0 Å². The van der Waals surface area contributed by atoms with E-state index in [4.69, 9.17) is 24.4 Å². The van der Waals surface area contributed by atoms with Crippen molar-refractivity contribution < 1.29 is 18.9 Å². The second-order valence-electron chi connectivity index (χ2n) is 6.94. The van der Waals surface area contributed by atoms with Gasteiger partial charge in [-0.2, -0.15) is 0 Å². The molecule has 0 aromatic heterocycles. The van der Waals surface area contributed by atoms with Gasteiger partial charge in [0.1, 0.15) is 11.5 Å². The van der Waals surface area contributed by atoms with Gasteiger partial charge in [0, 0.05) is 0 Å². The van der Waals surface area contributed by atoms with Crippen molar-refractivity contribution in [2.45, 2.75) is 12.8 Å². The SMILES string of the molecule is C=CCC1(COc2ccc(OCC3(CC=N)COC3)cc2)COC1. The van der Waals surface area contributed by atoms with Crippen LogP contribution in [-0.4, -0.2) is 45.9 Å². The van der Waals surface area contributed by atoms with E-state index in [-0.39, 0.29) is 10.8 Å². The van der Waals surface area contributed by atoms with E-state index in [2.05, 4.69) is 6.58 Å². The molecule has 2 aliphatic rings. The van der Waals surface area contributed by atoms with Crippen LogP contribution < -0.4 is 9.47 Å². The molecule has 0 saturated carbocycles. The number of hydrogen-bond acceptors (Lipinski definition) is 5. The highest BCUT2D eigenvalue weighted by molar-refractivity contribution is 5.54. The summed E-state index contributed by atoms with van der Waals surface area (Å²) >= 11 is 0. The van der Waals surface area contributed by atoms with E-state index < -0.39 is 0 Å². The number of hydrogen-bond donors (Lipinski definition) is 1. The maximum Gasteiger partial charge on any atom is 0.119 e. The summed E-state index contributed by atoms with van der Waals surface area (Å²) in [5.41, 5.74) is 0.0541. The van der Waals surface area contributed by atoms with Crippen LogP contribution in [0.3, 0.4) is 0 Å². The second-order valence-corrected chi connectivity index (χ2v) is 6.94. The number of benzene rings is 1. The van der Waals surface area contributed by atoms with Crippen molar-refractivity contribution in [2.24, 2.45) is 10.8 Å². The molecule has 0 unspecified atom stereocenters. The zero-order valence-electron chi connectivity index (χ0n) is 14.0. The lowest BCUT2D eigenvalue weighted by molar-refractivity contribution is -0.129. The number of ether oxygens (including phenoxy) is 4. The predicted molar refractivity (Wildman–Crippen MR) is 92.2 cm³/mol. The molecule has 2 saturated heterocycles. The average molecular weight is 331 g/mol. The zero-order valence-corrected chi connectivity index (χ0v) is 14.0. The number of rotatable bonds is 10. The largest absolute Gasteiger partial charge is 0.493 e. The Morgan fingerprint density at radius 2 is 1.38 bits per heavy atom. The molecular formula is C19H25NO4. The van der Waals surface area contributed by atoms with Crippen molar-refractivity contribution >= 4 is 6.21 Å². The number of nitrogens with one attached hydrogen (secondary N) is 1. The third-order valence-electron chi connectivity index (χ3n) is 4.66. The Balaban J connectivity index is 1.48. The van der Waals surface area contributed by atoms with Crippen LogP contribution in [-0.2, 0) is 9.47 Å². The van der Waals surface area contributed by atoms with Crippen LogP contribution in [0.4, 0.5) is 0 Å². The Hall–Kier alpha value is -1.85. The van der Waals surface area contributed by atoms with Gasteiger partial charge in [-0.25, -0.2) is 0 Å². The minimum atomic E-state index is -0.0295. The van der Waals surface area contributed by atoms with Gasteiger partial charge in [-0.05, 0) is 43.3 Å². The van der Waals surface area contributed by atoms with Gasteiger partial charge in [0.05, 0.1) is 50.5 Å². The maximum atomic E-state index is 7.29. The summed E-state index contributed by atoms with van der Waals surface area (Å²) in [5.74, 6) is 1.64. The maximum absolute atomic E-state index is 7.29. The van der Waals surface area contributed by atoms with Crippen molar-refractivity contribution in [1.82, 2.24) is 0 Å². The molecule has 1 aromatic carbocycles. The summed E-state index contributed by atoms with van der Waals surface area (Å²) in [6, 6.07) is 7.70. The summed E-state index contributed by atoms with van der Waals surface area (Å²) in [4.78, 5) is 0. The lowest BCUT2D eigenvalue weighted by Crippen LogP contribution is -2.47. The highest BCUT2D eigenvalue weighted by Crippen LogP contribution is 2.34. The van der Waals surface area contributed by atoms with E-state index in [1.165, 1.54) is 6.21 Å². The van der Waals surface area contributed by atoms with Crippen LogP contribution in [0.1, 0.15) is 12.8 Å². The minimum absolute atomic E-state index is 0.0295. The molecule has 5 nitrogen and oxygen atoms in total. The first-order valence-corrected chi connectivity index (χ1v) is 8.30. The normalized spacial score (nSPS) is 20.3. The Bertz CT molecular complexity index is 510. The van der Waals surface area contributed by atoms with Gasteiger partial charge in [0.25, 0.3) is 0 Å². The van der Waals surface area contributed by atoms with Gasteiger partial charge in [0.2, 0.25) is 0 Å². The first kappa shape index (κ1) is 17.0. The molecule has 1 aromatic rings. The van der Waals surface area contributed by atoms with Crippen LogP contribution in [0, 0.1) is 16.2 Å². The van der Waals surface area contributed by atoms with Gasteiger partial charge in [-0.3, -0.25) is 0 Å². The van der Waals surface area contributed by atoms with Crippen molar-refractivity contribution in [1.29, 1.82) is 5.41 Å². The molecule has 0 radical (unpaired) electrons. The Kier molecular flexibility index (Phi) is 5.21. The first-order chi connectivity index (χ1) is 11.7. The summed E-state index contributed by atoms with van der Waals surface area (Å²) < 4.78 is 22.4. The second kappa shape index (κ2) is 7.36. The van der Waals surface area contributed by atoms with Crippen molar-refractivity contribution in [3.63, 3.8) is 0 Å². The molecule has 0 spiro atoms. The van der Waals surface area contributed by atoms with Crippen molar-refractivity contribution in [3.8, 4) is 11.5 Å². The molecule has 0 atom stereocenters. The minimum Gasteiger partial charge on any atom is -0.493 e. The van der Waals surface area contributed by atoms with E-state index in [9.17, 15) is 0 Å². The summed E-state index contributed by atoms with van der Waals surface area (Å²) in [5, 5.41) is 7.29. The van der Waals surface area contributed by atoms with E-state index in [0.29, 0.717) is 32.8 Å². The Morgan fingerprint density at radius 1 is 0.917 bits per heavy atom.